The lowest BCUT2D eigenvalue weighted by atomic mass is 10.1. The smallest absolute Gasteiger partial charge is 0.247 e. The molecule has 206 valence electrons. The van der Waals surface area contributed by atoms with Crippen molar-refractivity contribution >= 4 is 45.6 Å². The number of methoxy groups -OCH3 is 1. The molecule has 1 fully saturated rings. The van der Waals surface area contributed by atoms with E-state index in [0.717, 1.165) is 25.3 Å². The predicted octanol–water partition coefficient (Wildman–Crippen LogP) is 4.83. The van der Waals surface area contributed by atoms with Crippen molar-refractivity contribution in [2.24, 2.45) is 0 Å². The molecule has 0 saturated carbocycles. The Morgan fingerprint density at radius 2 is 2.00 bits per heavy atom. The predicted molar refractivity (Wildman–Crippen MR) is 154 cm³/mol. The first-order valence-electron chi connectivity index (χ1n) is 12.7. The average molecular weight is 561 g/mol. The number of benzene rings is 2. The van der Waals surface area contributed by atoms with Gasteiger partial charge in [-0.1, -0.05) is 24.2 Å². The Hall–Kier alpha value is -4.25. The number of halogens is 1. The Kier molecular flexibility index (Phi) is 8.70. The van der Waals surface area contributed by atoms with Crippen LogP contribution in [-0.2, 0) is 16.1 Å². The van der Waals surface area contributed by atoms with E-state index >= 15 is 0 Å². The molecule has 0 spiro atoms. The number of nitrogens with zero attached hydrogens (tertiary/aromatic N) is 4. The first kappa shape index (κ1) is 27.3. The highest BCUT2D eigenvalue weighted by Crippen LogP contribution is 2.35. The number of fused-ring (bicyclic) bond motifs is 1. The standard InChI is InChI=1S/C29H29ClN6O4/c1-3-28(37)35-25-13-22-24(14-27(25)39-11-10-36-15-21(16-36)38-2)32-18-33-29(22)34-19-7-8-26(23(30)12-19)40-17-20-6-4-5-9-31-20/h3-9,12-14,18,21H,1,10-11,15-17H2,2H3,(H,35,37)(H,32,33,34). The van der Waals surface area contributed by atoms with Crippen molar-refractivity contribution < 1.29 is 19.0 Å². The van der Waals surface area contributed by atoms with Gasteiger partial charge in [0.1, 0.15) is 36.9 Å². The highest BCUT2D eigenvalue weighted by molar-refractivity contribution is 6.32. The first-order valence-corrected chi connectivity index (χ1v) is 13.1. The molecule has 10 nitrogen and oxygen atoms in total. The van der Waals surface area contributed by atoms with Gasteiger partial charge in [-0.15, -0.1) is 0 Å². The minimum Gasteiger partial charge on any atom is -0.490 e. The number of aromatic nitrogens is 3. The molecule has 2 N–H and O–H groups in total. The molecule has 2 aromatic carbocycles. The number of hydrogen-bond acceptors (Lipinski definition) is 9. The van der Waals surface area contributed by atoms with Crippen LogP contribution in [0.25, 0.3) is 10.9 Å². The quantitative estimate of drug-likeness (QED) is 0.235. The van der Waals surface area contributed by atoms with Crippen LogP contribution < -0.4 is 20.1 Å². The second-order valence-corrected chi connectivity index (χ2v) is 9.53. The van der Waals surface area contributed by atoms with E-state index in [1.165, 1.54) is 12.4 Å². The summed E-state index contributed by atoms with van der Waals surface area (Å²) in [5.41, 5.74) is 2.64. The van der Waals surface area contributed by atoms with Crippen LogP contribution in [0.4, 0.5) is 17.2 Å². The van der Waals surface area contributed by atoms with Crippen molar-refractivity contribution in [1.29, 1.82) is 0 Å². The second kappa shape index (κ2) is 12.7. The van der Waals surface area contributed by atoms with Gasteiger partial charge < -0.3 is 24.8 Å². The lowest BCUT2D eigenvalue weighted by Gasteiger charge is -2.37. The fourth-order valence-electron chi connectivity index (χ4n) is 4.19. The maximum Gasteiger partial charge on any atom is 0.247 e. The zero-order valence-corrected chi connectivity index (χ0v) is 22.7. The molecule has 1 saturated heterocycles. The summed E-state index contributed by atoms with van der Waals surface area (Å²) in [6.45, 7) is 6.80. The van der Waals surface area contributed by atoms with Gasteiger partial charge in [0.2, 0.25) is 5.91 Å². The number of anilines is 3. The molecule has 1 aliphatic rings. The van der Waals surface area contributed by atoms with E-state index in [-0.39, 0.29) is 12.0 Å². The van der Waals surface area contributed by atoms with E-state index in [1.807, 2.05) is 24.3 Å². The lowest BCUT2D eigenvalue weighted by molar-refractivity contribution is -0.111. The van der Waals surface area contributed by atoms with Crippen LogP contribution in [0.5, 0.6) is 11.5 Å². The minimum atomic E-state index is -0.352. The van der Waals surface area contributed by atoms with Crippen molar-refractivity contribution in [1.82, 2.24) is 19.9 Å². The summed E-state index contributed by atoms with van der Waals surface area (Å²) in [5.74, 6) is 1.23. The van der Waals surface area contributed by atoms with Crippen molar-refractivity contribution in [2.45, 2.75) is 12.7 Å². The van der Waals surface area contributed by atoms with E-state index in [2.05, 4.69) is 37.1 Å². The summed E-state index contributed by atoms with van der Waals surface area (Å²) in [6.07, 6.45) is 4.66. The molecule has 40 heavy (non-hydrogen) atoms. The molecule has 0 atom stereocenters. The molecule has 0 radical (unpaired) electrons. The number of pyridine rings is 1. The van der Waals surface area contributed by atoms with Gasteiger partial charge in [-0.05, 0) is 42.5 Å². The number of hydrogen-bond donors (Lipinski definition) is 2. The number of carbonyl (C=O) groups is 1. The monoisotopic (exact) mass is 560 g/mol. The number of nitrogens with one attached hydrogen (secondary N) is 2. The van der Waals surface area contributed by atoms with Gasteiger partial charge in [-0.2, -0.15) is 0 Å². The highest BCUT2D eigenvalue weighted by atomic mass is 35.5. The van der Waals surface area contributed by atoms with Crippen LogP contribution in [0.3, 0.4) is 0 Å². The molecule has 2 aromatic heterocycles. The van der Waals surface area contributed by atoms with E-state index < -0.39 is 0 Å². The third kappa shape index (κ3) is 6.66. The molecule has 11 heteroatoms. The van der Waals surface area contributed by atoms with E-state index in [9.17, 15) is 4.79 Å². The summed E-state index contributed by atoms with van der Waals surface area (Å²) in [4.78, 5) is 27.5. The van der Waals surface area contributed by atoms with Crippen LogP contribution >= 0.6 is 11.6 Å². The molecule has 0 unspecified atom stereocenters. The summed E-state index contributed by atoms with van der Waals surface area (Å²) in [7, 11) is 1.72. The highest BCUT2D eigenvalue weighted by Gasteiger charge is 2.25. The molecule has 0 aliphatic carbocycles. The Balaban J connectivity index is 1.33. The molecule has 0 bridgehead atoms. The Morgan fingerprint density at radius 1 is 1.12 bits per heavy atom. The topological polar surface area (TPSA) is 111 Å². The summed E-state index contributed by atoms with van der Waals surface area (Å²) in [6, 6.07) is 14.6. The Morgan fingerprint density at radius 3 is 2.75 bits per heavy atom. The maximum absolute atomic E-state index is 12.2. The Labute approximate surface area is 237 Å². The summed E-state index contributed by atoms with van der Waals surface area (Å²) < 4.78 is 17.2. The minimum absolute atomic E-state index is 0.274. The average Bonchev–Trinajstić information content (AvgIpc) is 2.94. The molecule has 5 rings (SSSR count). The van der Waals surface area contributed by atoms with Crippen LogP contribution in [0.1, 0.15) is 5.69 Å². The fraction of sp³-hybridized carbons (Fsp3) is 0.241. The molecule has 1 aliphatic heterocycles. The van der Waals surface area contributed by atoms with Crippen molar-refractivity contribution in [2.75, 3.05) is 44.0 Å². The van der Waals surface area contributed by atoms with Gasteiger partial charge in [-0.25, -0.2) is 9.97 Å². The van der Waals surface area contributed by atoms with Gasteiger partial charge in [0, 0.05) is 50.1 Å². The molecular weight excluding hydrogens is 532 g/mol. The first-order chi connectivity index (χ1) is 19.5. The van der Waals surface area contributed by atoms with E-state index in [0.29, 0.717) is 57.8 Å². The zero-order valence-electron chi connectivity index (χ0n) is 22.0. The number of carbonyl (C=O) groups excluding carboxylic acids is 1. The normalized spacial score (nSPS) is 13.4. The molecular formula is C29H29ClN6O4. The maximum atomic E-state index is 12.2. The summed E-state index contributed by atoms with van der Waals surface area (Å²) >= 11 is 6.50. The Bertz CT molecular complexity index is 1500. The third-order valence-electron chi connectivity index (χ3n) is 6.40. The third-order valence-corrected chi connectivity index (χ3v) is 6.69. The number of likely N-dealkylation sites (tertiary alicyclic amines) is 1. The van der Waals surface area contributed by atoms with Crippen LogP contribution in [0.2, 0.25) is 5.02 Å². The van der Waals surface area contributed by atoms with Crippen LogP contribution in [0, 0.1) is 0 Å². The van der Waals surface area contributed by atoms with E-state index in [1.54, 1.807) is 37.6 Å². The van der Waals surface area contributed by atoms with Crippen molar-refractivity contribution in [3.05, 3.63) is 84.4 Å². The SMILES string of the molecule is C=CC(=O)Nc1cc2c(Nc3ccc(OCc4ccccn4)c(Cl)c3)ncnc2cc1OCCN1CC(OC)C1. The number of amides is 1. The van der Waals surface area contributed by atoms with Gasteiger partial charge in [0.15, 0.2) is 0 Å². The van der Waals surface area contributed by atoms with Crippen LogP contribution in [-0.4, -0.2) is 65.2 Å². The number of ether oxygens (including phenoxy) is 3. The summed E-state index contributed by atoms with van der Waals surface area (Å²) in [5, 5.41) is 7.24. The van der Waals surface area contributed by atoms with E-state index in [4.69, 9.17) is 25.8 Å². The van der Waals surface area contributed by atoms with Crippen molar-refractivity contribution in [3.63, 3.8) is 0 Å². The molecule has 1 amide bonds. The van der Waals surface area contributed by atoms with Crippen LogP contribution in [0.15, 0.2) is 73.7 Å². The van der Waals surface area contributed by atoms with Gasteiger partial charge in [0.25, 0.3) is 0 Å². The molecule has 3 heterocycles. The fourth-order valence-corrected chi connectivity index (χ4v) is 4.43. The van der Waals surface area contributed by atoms with Gasteiger partial charge >= 0.3 is 0 Å². The number of rotatable bonds is 12. The lowest BCUT2D eigenvalue weighted by Crippen LogP contribution is -2.52. The largest absolute Gasteiger partial charge is 0.490 e. The second-order valence-electron chi connectivity index (χ2n) is 9.13. The molecule has 4 aromatic rings. The van der Waals surface area contributed by atoms with Crippen molar-refractivity contribution in [3.8, 4) is 11.5 Å². The van der Waals surface area contributed by atoms with Gasteiger partial charge in [-0.3, -0.25) is 14.7 Å². The zero-order chi connectivity index (χ0) is 27.9. The van der Waals surface area contributed by atoms with Gasteiger partial charge in [0.05, 0.1) is 28.0 Å².